The fraction of sp³-hybridized carbons (Fsp3) is 0.309. The lowest BCUT2D eigenvalue weighted by molar-refractivity contribution is -0.346. The van der Waals surface area contributed by atoms with Crippen molar-refractivity contribution in [3.8, 4) is 0 Å². The van der Waals surface area contributed by atoms with Crippen molar-refractivity contribution >= 4 is 69.4 Å². The highest BCUT2D eigenvalue weighted by Crippen LogP contribution is 2.38. The van der Waals surface area contributed by atoms with E-state index in [1.165, 1.54) is 19.1 Å². The van der Waals surface area contributed by atoms with E-state index in [1.807, 2.05) is 78.9 Å². The molecule has 2 aliphatic heterocycles. The normalized spacial score (nSPS) is 23.5. The van der Waals surface area contributed by atoms with Gasteiger partial charge in [0.05, 0.1) is 30.9 Å². The van der Waals surface area contributed by atoms with Crippen molar-refractivity contribution in [3.63, 3.8) is 0 Å². The van der Waals surface area contributed by atoms with Crippen molar-refractivity contribution in [1.29, 1.82) is 5.41 Å². The molecule has 20 heteroatoms. The van der Waals surface area contributed by atoms with Gasteiger partial charge in [0.15, 0.2) is 12.4 Å². The highest BCUT2D eigenvalue weighted by Gasteiger charge is 2.56. The summed E-state index contributed by atoms with van der Waals surface area (Å²) in [5, 5.41) is 14.8. The summed E-state index contributed by atoms with van der Waals surface area (Å²) in [6, 6.07) is 46.9. The Kier molecular flexibility index (Phi) is 19.1. The molecule has 6 aromatic carbocycles. The number of fused-ring (bicyclic) bond motifs is 1. The summed E-state index contributed by atoms with van der Waals surface area (Å²) in [6.07, 6.45) is -13.0. The first-order valence-corrected chi connectivity index (χ1v) is 24.8. The van der Waals surface area contributed by atoms with Crippen LogP contribution in [0.15, 0.2) is 169 Å². The highest BCUT2D eigenvalue weighted by molar-refractivity contribution is 6.76. The first-order chi connectivity index (χ1) is 36.3. The zero-order valence-corrected chi connectivity index (χ0v) is 42.4. The maximum atomic E-state index is 14.1. The molecule has 0 spiro atoms. The number of rotatable bonds is 20. The third kappa shape index (κ3) is 14.8. The van der Waals surface area contributed by atoms with Crippen LogP contribution >= 0.6 is 34.8 Å². The lowest BCUT2D eigenvalue weighted by Gasteiger charge is -2.49. The van der Waals surface area contributed by atoms with Crippen LogP contribution in [-0.4, -0.2) is 102 Å². The topological polar surface area (TPSA) is 216 Å². The average molecular weight is 1080 g/mol. The van der Waals surface area contributed by atoms with Crippen LogP contribution in [0, 0.1) is 5.41 Å². The standard InChI is InChI=1S/C55H51Cl3N4O13/c1-34(63)66-32-43-46(48(69-30-36-18-8-3-9-19-36)49(53(72-43)75-54(59)55(56,57)58)73-51(65)40-23-12-5-13-24-40)74-52-44(61-62-60)47(68-29-35-16-6-2-7-17-35)45(42(71-52)33-70-50(64)39-21-10-4-11-22-39)67-31-37-26-27-38-20-14-15-25-41(38)28-37/h2-28,42-49,52-53,59H,29-33H2,1H3/t42-,43+,44-,45-,46-,47-,48+,49-,52-,53?/m1/s1. The van der Waals surface area contributed by atoms with E-state index in [0.29, 0.717) is 5.56 Å². The van der Waals surface area contributed by atoms with Gasteiger partial charge in [-0.25, -0.2) is 9.59 Å². The summed E-state index contributed by atoms with van der Waals surface area (Å²) in [4.78, 5) is 43.5. The Labute approximate surface area is 446 Å². The van der Waals surface area contributed by atoms with Gasteiger partial charge >= 0.3 is 17.9 Å². The smallest absolute Gasteiger partial charge is 0.338 e. The van der Waals surface area contributed by atoms with Crippen molar-refractivity contribution in [2.24, 2.45) is 5.11 Å². The molecular formula is C55H51Cl3N4O13. The van der Waals surface area contributed by atoms with Crippen LogP contribution in [-0.2, 0) is 72.0 Å². The number of nitrogens with one attached hydrogen (secondary N) is 1. The number of ether oxygens (including phenoxy) is 10. The molecular weight excluding hydrogens is 1030 g/mol. The van der Waals surface area contributed by atoms with E-state index in [-0.39, 0.29) is 30.9 Å². The summed E-state index contributed by atoms with van der Waals surface area (Å²) in [6.45, 7) is 0.0528. The Morgan fingerprint density at radius 2 is 1.08 bits per heavy atom. The number of halogens is 3. The molecule has 0 aliphatic carbocycles. The molecule has 2 heterocycles. The van der Waals surface area contributed by atoms with Crippen LogP contribution < -0.4 is 0 Å². The lowest BCUT2D eigenvalue weighted by atomic mass is 9.95. The van der Waals surface area contributed by atoms with Crippen LogP contribution in [0.4, 0.5) is 0 Å². The largest absolute Gasteiger partial charge is 0.463 e. The van der Waals surface area contributed by atoms with E-state index in [4.69, 9.17) is 87.6 Å². The van der Waals surface area contributed by atoms with Crippen LogP contribution in [0.2, 0.25) is 0 Å². The maximum absolute atomic E-state index is 14.1. The molecule has 17 nitrogen and oxygen atoms in total. The third-order valence-electron chi connectivity index (χ3n) is 12.1. The number of carbonyl (C=O) groups excluding carboxylic acids is 3. The van der Waals surface area contributed by atoms with Gasteiger partial charge in [0, 0.05) is 11.8 Å². The van der Waals surface area contributed by atoms with Crippen LogP contribution in [0.5, 0.6) is 0 Å². The number of esters is 3. The minimum atomic E-state index is -2.42. The Morgan fingerprint density at radius 1 is 0.573 bits per heavy atom. The summed E-state index contributed by atoms with van der Waals surface area (Å²) in [5.41, 5.74) is 12.9. The van der Waals surface area contributed by atoms with Crippen LogP contribution in [0.1, 0.15) is 44.3 Å². The van der Waals surface area contributed by atoms with Gasteiger partial charge in [-0.2, -0.15) is 0 Å². The Hall–Kier alpha value is -6.60. The molecule has 1 N–H and O–H groups in total. The SMILES string of the molecule is CC(=O)OC[C@@H]1OC(OC(=N)C(Cl)(Cl)Cl)[C@H](OC(=O)c2ccccc2)[C@@H](OCc2ccccc2)[C@@H]1O[C@H]1O[C@H](COC(=O)c2ccccc2)[C@@H](OCc2ccc3ccccc3c2)[C@H](OCc2ccccc2)[C@H]1N=[N+]=[N-]. The van der Waals surface area contributed by atoms with Gasteiger partial charge in [-0.1, -0.05) is 173 Å². The van der Waals surface area contributed by atoms with E-state index in [9.17, 15) is 19.9 Å². The van der Waals surface area contributed by atoms with Crippen molar-refractivity contribution in [2.45, 2.75) is 91.9 Å². The van der Waals surface area contributed by atoms with Gasteiger partial charge in [0.1, 0.15) is 55.9 Å². The number of nitrogens with zero attached hydrogens (tertiary/aromatic N) is 3. The van der Waals surface area contributed by atoms with E-state index < -0.39 is 102 Å². The summed E-state index contributed by atoms with van der Waals surface area (Å²) >= 11 is 18.4. The molecule has 2 saturated heterocycles. The molecule has 1 unspecified atom stereocenters. The summed E-state index contributed by atoms with van der Waals surface area (Å²) < 4.78 is 61.4. The molecule has 75 heavy (non-hydrogen) atoms. The zero-order chi connectivity index (χ0) is 52.7. The minimum Gasteiger partial charge on any atom is -0.463 e. The third-order valence-corrected chi connectivity index (χ3v) is 12.6. The number of alkyl halides is 3. The molecule has 6 aromatic rings. The molecule has 10 atom stereocenters. The molecule has 0 amide bonds. The van der Waals surface area contributed by atoms with Gasteiger partial charge in [-0.05, 0) is 63.3 Å². The zero-order valence-electron chi connectivity index (χ0n) is 40.2. The van der Waals surface area contributed by atoms with E-state index in [0.717, 1.165) is 21.9 Å². The Balaban J connectivity index is 1.22. The maximum Gasteiger partial charge on any atom is 0.338 e. The second-order valence-electron chi connectivity index (χ2n) is 17.3. The number of azide groups is 1. The van der Waals surface area contributed by atoms with Gasteiger partial charge in [0.25, 0.3) is 3.79 Å². The molecule has 0 saturated carbocycles. The number of carbonyl (C=O) groups is 3. The van der Waals surface area contributed by atoms with Crippen molar-refractivity contribution in [1.82, 2.24) is 0 Å². The Bertz CT molecular complexity index is 2900. The lowest BCUT2D eigenvalue weighted by Crippen LogP contribution is -2.66. The first kappa shape index (κ1) is 54.7. The predicted octanol–water partition coefficient (Wildman–Crippen LogP) is 10.4. The van der Waals surface area contributed by atoms with Gasteiger partial charge in [-0.3, -0.25) is 10.2 Å². The monoisotopic (exact) mass is 1080 g/mol. The molecule has 0 aromatic heterocycles. The number of benzene rings is 6. The summed E-state index contributed by atoms with van der Waals surface area (Å²) in [5.74, 6) is -3.17. The first-order valence-electron chi connectivity index (χ1n) is 23.7. The van der Waals surface area contributed by atoms with Crippen LogP contribution in [0.3, 0.4) is 0 Å². The number of hydrogen-bond acceptors (Lipinski definition) is 15. The van der Waals surface area contributed by atoms with E-state index in [2.05, 4.69) is 10.0 Å². The molecule has 0 radical (unpaired) electrons. The fourth-order valence-corrected chi connectivity index (χ4v) is 8.61. The second kappa shape index (κ2) is 26.2. The van der Waals surface area contributed by atoms with Crippen LogP contribution in [0.25, 0.3) is 21.2 Å². The average Bonchev–Trinajstić information content (AvgIpc) is 3.42. The second-order valence-corrected chi connectivity index (χ2v) is 19.6. The summed E-state index contributed by atoms with van der Waals surface area (Å²) in [7, 11) is 0. The van der Waals surface area contributed by atoms with Gasteiger partial charge in [0.2, 0.25) is 12.2 Å². The molecule has 2 fully saturated rings. The predicted molar refractivity (Wildman–Crippen MR) is 276 cm³/mol. The molecule has 0 bridgehead atoms. The van der Waals surface area contributed by atoms with Crippen molar-refractivity contribution in [2.75, 3.05) is 13.2 Å². The minimum absolute atomic E-state index is 0.0110. The van der Waals surface area contributed by atoms with E-state index >= 15 is 0 Å². The Morgan fingerprint density at radius 3 is 1.68 bits per heavy atom. The van der Waals surface area contributed by atoms with Gasteiger partial charge in [-0.15, -0.1) is 0 Å². The highest BCUT2D eigenvalue weighted by atomic mass is 35.6. The molecule has 2 aliphatic rings. The van der Waals surface area contributed by atoms with Crippen molar-refractivity contribution < 1.29 is 61.8 Å². The number of hydrogen-bond donors (Lipinski definition) is 1. The fourth-order valence-electron chi connectivity index (χ4n) is 8.47. The quantitative estimate of drug-likeness (QED) is 0.0110. The van der Waals surface area contributed by atoms with Crippen molar-refractivity contribution in [3.05, 3.63) is 202 Å². The van der Waals surface area contributed by atoms with Gasteiger partial charge < -0.3 is 47.4 Å². The molecule has 8 rings (SSSR count). The van der Waals surface area contributed by atoms with E-state index in [1.54, 1.807) is 72.8 Å². The molecule has 390 valence electrons.